The number of likely N-dealkylation sites (tertiary alicyclic amines) is 1. The second kappa shape index (κ2) is 3.62. The van der Waals surface area contributed by atoms with Gasteiger partial charge >= 0.3 is 6.09 Å². The fourth-order valence-electron chi connectivity index (χ4n) is 2.82. The molecule has 0 aromatic carbocycles. The number of hydrogen-bond donors (Lipinski definition) is 1. The molecule has 0 radical (unpaired) electrons. The molecule has 1 N–H and O–H groups in total. The number of amides is 1. The maximum absolute atomic E-state index is 11.9. The number of hydrogen-bond acceptors (Lipinski definition) is 3. The molecule has 16 heavy (non-hydrogen) atoms. The van der Waals surface area contributed by atoms with Crippen molar-refractivity contribution in [1.29, 1.82) is 0 Å². The van der Waals surface area contributed by atoms with Crippen LogP contribution in [0.4, 0.5) is 4.79 Å². The van der Waals surface area contributed by atoms with E-state index in [4.69, 9.17) is 4.74 Å². The number of aliphatic hydroxyl groups is 1. The van der Waals surface area contributed by atoms with E-state index < -0.39 is 5.60 Å². The van der Waals surface area contributed by atoms with Crippen LogP contribution in [0, 0.1) is 17.8 Å². The van der Waals surface area contributed by atoms with Gasteiger partial charge in [-0.05, 0) is 38.5 Å². The summed E-state index contributed by atoms with van der Waals surface area (Å²) in [4.78, 5) is 13.6. The summed E-state index contributed by atoms with van der Waals surface area (Å²) < 4.78 is 5.33. The Morgan fingerprint density at radius 1 is 1.50 bits per heavy atom. The highest BCUT2D eigenvalue weighted by molar-refractivity contribution is 5.69. The topological polar surface area (TPSA) is 49.8 Å². The Balaban J connectivity index is 1.98. The predicted octanol–water partition coefficient (Wildman–Crippen LogP) is 1.48. The van der Waals surface area contributed by atoms with Crippen molar-refractivity contribution >= 4 is 6.09 Å². The zero-order valence-corrected chi connectivity index (χ0v) is 10.4. The first-order valence-electron chi connectivity index (χ1n) is 5.95. The average Bonchev–Trinajstić information content (AvgIpc) is 2.61. The summed E-state index contributed by atoms with van der Waals surface area (Å²) in [5, 5.41) is 9.35. The van der Waals surface area contributed by atoms with Crippen LogP contribution in [0.5, 0.6) is 0 Å². The summed E-state index contributed by atoms with van der Waals surface area (Å²) in [5.41, 5.74) is -0.463. The Kier molecular flexibility index (Phi) is 2.65. The van der Waals surface area contributed by atoms with Gasteiger partial charge in [-0.1, -0.05) is 6.92 Å². The number of ether oxygens (including phenoxy) is 1. The Morgan fingerprint density at radius 2 is 2.12 bits per heavy atom. The van der Waals surface area contributed by atoms with E-state index in [2.05, 4.69) is 6.92 Å². The number of fused-ring (bicyclic) bond motifs is 1. The van der Waals surface area contributed by atoms with Crippen molar-refractivity contribution in [3.63, 3.8) is 0 Å². The lowest BCUT2D eigenvalue weighted by Gasteiger charge is -2.30. The van der Waals surface area contributed by atoms with Crippen LogP contribution in [0.3, 0.4) is 0 Å². The van der Waals surface area contributed by atoms with E-state index in [1.54, 1.807) is 4.90 Å². The molecule has 4 nitrogen and oxygen atoms in total. The van der Waals surface area contributed by atoms with Crippen LogP contribution in [-0.2, 0) is 4.74 Å². The minimum absolute atomic E-state index is 0.0325. The molecular formula is C12H21NO3. The maximum Gasteiger partial charge on any atom is 0.410 e. The largest absolute Gasteiger partial charge is 0.444 e. The Hall–Kier alpha value is -0.770. The van der Waals surface area contributed by atoms with Crippen molar-refractivity contribution in [2.24, 2.45) is 17.8 Å². The van der Waals surface area contributed by atoms with Crippen molar-refractivity contribution in [3.05, 3.63) is 0 Å². The SMILES string of the molecule is C[C@H]1[C@H]2CN(C(=O)OC(C)(C)C)[C@H](CO)[C@@H]12. The highest BCUT2D eigenvalue weighted by Crippen LogP contribution is 2.55. The molecule has 0 aromatic rings. The van der Waals surface area contributed by atoms with Gasteiger partial charge in [0.25, 0.3) is 0 Å². The molecule has 1 heterocycles. The van der Waals surface area contributed by atoms with E-state index in [1.807, 2.05) is 20.8 Å². The molecule has 1 amide bonds. The predicted molar refractivity (Wildman–Crippen MR) is 60.0 cm³/mol. The monoisotopic (exact) mass is 227 g/mol. The molecule has 1 aliphatic carbocycles. The van der Waals surface area contributed by atoms with E-state index in [9.17, 15) is 9.90 Å². The van der Waals surface area contributed by atoms with Gasteiger partial charge in [0.2, 0.25) is 0 Å². The van der Waals surface area contributed by atoms with Crippen molar-refractivity contribution < 1.29 is 14.6 Å². The molecule has 0 spiro atoms. The minimum Gasteiger partial charge on any atom is -0.444 e. The normalized spacial score (nSPS) is 37.2. The standard InChI is InChI=1S/C12H21NO3/c1-7-8-5-13(9(6-14)10(7)8)11(15)16-12(2,3)4/h7-10,14H,5-6H2,1-4H3/t7-,8+,9+,10-/m0/s1. The smallest absolute Gasteiger partial charge is 0.410 e. The third-order valence-corrected chi connectivity index (χ3v) is 3.70. The van der Waals surface area contributed by atoms with Gasteiger partial charge in [0.05, 0.1) is 12.6 Å². The quantitative estimate of drug-likeness (QED) is 0.738. The van der Waals surface area contributed by atoms with Gasteiger partial charge in [-0.25, -0.2) is 4.79 Å². The van der Waals surface area contributed by atoms with Crippen LogP contribution >= 0.6 is 0 Å². The van der Waals surface area contributed by atoms with E-state index in [1.165, 1.54) is 0 Å². The Labute approximate surface area is 96.6 Å². The number of piperidine rings is 1. The first-order chi connectivity index (χ1) is 7.35. The number of carbonyl (C=O) groups excluding carboxylic acids is 1. The van der Waals surface area contributed by atoms with Crippen molar-refractivity contribution in [1.82, 2.24) is 4.90 Å². The Morgan fingerprint density at radius 3 is 2.62 bits per heavy atom. The molecule has 4 heteroatoms. The second-order valence-corrected chi connectivity index (χ2v) is 5.98. The minimum atomic E-state index is -0.463. The summed E-state index contributed by atoms with van der Waals surface area (Å²) in [6, 6.07) is -0.0325. The highest BCUT2D eigenvalue weighted by Gasteiger charge is 2.60. The van der Waals surface area contributed by atoms with Crippen LogP contribution in [-0.4, -0.2) is 40.9 Å². The molecule has 0 aromatic heterocycles. The zero-order valence-electron chi connectivity index (χ0n) is 10.4. The van der Waals surface area contributed by atoms with E-state index >= 15 is 0 Å². The fourth-order valence-corrected chi connectivity index (χ4v) is 2.82. The molecule has 0 unspecified atom stereocenters. The van der Waals surface area contributed by atoms with E-state index in [0.29, 0.717) is 17.8 Å². The zero-order chi connectivity index (χ0) is 12.1. The summed E-state index contributed by atoms with van der Waals surface area (Å²) in [6.45, 7) is 8.55. The highest BCUT2D eigenvalue weighted by atomic mass is 16.6. The van der Waals surface area contributed by atoms with Crippen LogP contribution < -0.4 is 0 Å². The number of rotatable bonds is 1. The average molecular weight is 227 g/mol. The summed E-state index contributed by atoms with van der Waals surface area (Å²) >= 11 is 0. The molecule has 2 aliphatic rings. The first-order valence-corrected chi connectivity index (χ1v) is 5.95. The van der Waals surface area contributed by atoms with Gasteiger partial charge in [0.1, 0.15) is 5.60 Å². The van der Waals surface area contributed by atoms with Gasteiger partial charge in [-0.3, -0.25) is 0 Å². The van der Waals surface area contributed by atoms with Crippen molar-refractivity contribution in [3.8, 4) is 0 Å². The number of carbonyl (C=O) groups is 1. The van der Waals surface area contributed by atoms with Gasteiger partial charge in [0.15, 0.2) is 0 Å². The van der Waals surface area contributed by atoms with Crippen LogP contribution in [0.1, 0.15) is 27.7 Å². The number of nitrogens with zero attached hydrogens (tertiary/aromatic N) is 1. The number of aliphatic hydroxyl groups excluding tert-OH is 1. The summed E-state index contributed by atoms with van der Waals surface area (Å²) in [5.74, 6) is 1.71. The van der Waals surface area contributed by atoms with Crippen LogP contribution in [0.25, 0.3) is 0 Å². The molecule has 1 aliphatic heterocycles. The van der Waals surface area contributed by atoms with E-state index in [-0.39, 0.29) is 18.7 Å². The lowest BCUT2D eigenvalue weighted by Crippen LogP contribution is -2.44. The first kappa shape index (κ1) is 11.7. The van der Waals surface area contributed by atoms with E-state index in [0.717, 1.165) is 6.54 Å². The second-order valence-electron chi connectivity index (χ2n) is 5.98. The van der Waals surface area contributed by atoms with Gasteiger partial charge in [-0.2, -0.15) is 0 Å². The Bertz CT molecular complexity index is 297. The molecule has 1 saturated carbocycles. The molecule has 1 saturated heterocycles. The summed E-state index contributed by atoms with van der Waals surface area (Å²) in [6.07, 6.45) is -0.286. The van der Waals surface area contributed by atoms with Gasteiger partial charge in [0, 0.05) is 6.54 Å². The third-order valence-electron chi connectivity index (χ3n) is 3.70. The molecule has 0 bridgehead atoms. The maximum atomic E-state index is 11.9. The fraction of sp³-hybridized carbons (Fsp3) is 0.917. The summed E-state index contributed by atoms with van der Waals surface area (Å²) in [7, 11) is 0. The molecule has 92 valence electrons. The molecular weight excluding hydrogens is 206 g/mol. The third kappa shape index (κ3) is 1.90. The molecule has 2 fully saturated rings. The van der Waals surface area contributed by atoms with Crippen LogP contribution in [0.2, 0.25) is 0 Å². The molecule has 4 atom stereocenters. The van der Waals surface area contributed by atoms with Crippen molar-refractivity contribution in [2.45, 2.75) is 39.3 Å². The van der Waals surface area contributed by atoms with Gasteiger partial charge < -0.3 is 14.7 Å². The lowest BCUT2D eigenvalue weighted by molar-refractivity contribution is 0.0119. The van der Waals surface area contributed by atoms with Crippen LogP contribution in [0.15, 0.2) is 0 Å². The lowest BCUT2D eigenvalue weighted by atomic mass is 10.1. The van der Waals surface area contributed by atoms with Gasteiger partial charge in [-0.15, -0.1) is 0 Å². The molecule has 2 rings (SSSR count). The van der Waals surface area contributed by atoms with Crippen molar-refractivity contribution in [2.75, 3.05) is 13.2 Å².